The van der Waals surface area contributed by atoms with Crippen molar-refractivity contribution < 1.29 is 9.53 Å². The van der Waals surface area contributed by atoms with Crippen molar-refractivity contribution in [2.24, 2.45) is 0 Å². The van der Waals surface area contributed by atoms with Crippen LogP contribution in [0.2, 0.25) is 0 Å². The number of carbonyl (C=O) groups is 1. The van der Waals surface area contributed by atoms with Gasteiger partial charge in [0.2, 0.25) is 11.8 Å². The van der Waals surface area contributed by atoms with Crippen molar-refractivity contribution >= 4 is 39.4 Å². The molecule has 0 radical (unpaired) electrons. The van der Waals surface area contributed by atoms with E-state index in [0.717, 1.165) is 26.3 Å². The highest BCUT2D eigenvalue weighted by atomic mass is 32.1. The molecular formula is C16H16N4O2S2. The lowest BCUT2D eigenvalue weighted by Gasteiger charge is -2.02. The number of thiazole rings is 1. The summed E-state index contributed by atoms with van der Waals surface area (Å²) in [4.78, 5) is 21.9. The zero-order valence-electron chi connectivity index (χ0n) is 13.2. The van der Waals surface area contributed by atoms with Crippen molar-refractivity contribution in [2.75, 3.05) is 12.4 Å². The summed E-state index contributed by atoms with van der Waals surface area (Å²) in [6.45, 7) is 2.06. The molecule has 8 heteroatoms. The van der Waals surface area contributed by atoms with Crippen molar-refractivity contribution in [3.8, 4) is 16.5 Å². The molecule has 3 aromatic rings. The van der Waals surface area contributed by atoms with E-state index in [-0.39, 0.29) is 5.91 Å². The van der Waals surface area contributed by atoms with Crippen molar-refractivity contribution in [3.05, 3.63) is 40.7 Å². The van der Waals surface area contributed by atoms with Gasteiger partial charge < -0.3 is 15.4 Å². The maximum absolute atomic E-state index is 11.0. The molecule has 0 spiro atoms. The van der Waals surface area contributed by atoms with E-state index in [1.54, 1.807) is 30.7 Å². The first-order chi connectivity index (χ1) is 11.6. The fraction of sp³-hybridized carbons (Fsp3) is 0.188. The molecule has 0 saturated carbocycles. The third kappa shape index (κ3) is 4.09. The molecule has 0 aliphatic rings. The predicted octanol–water partition coefficient (Wildman–Crippen LogP) is 3.65. The van der Waals surface area contributed by atoms with E-state index in [1.807, 2.05) is 23.6 Å². The van der Waals surface area contributed by atoms with Crippen molar-refractivity contribution in [3.63, 3.8) is 0 Å². The van der Waals surface area contributed by atoms with Crippen LogP contribution in [0.4, 0.5) is 10.8 Å². The molecule has 3 heterocycles. The van der Waals surface area contributed by atoms with Crippen molar-refractivity contribution in [1.82, 2.24) is 15.3 Å². The first kappa shape index (κ1) is 16.4. The summed E-state index contributed by atoms with van der Waals surface area (Å²) in [5.41, 5.74) is 1.78. The zero-order valence-corrected chi connectivity index (χ0v) is 14.8. The molecule has 24 heavy (non-hydrogen) atoms. The van der Waals surface area contributed by atoms with E-state index in [9.17, 15) is 4.79 Å². The van der Waals surface area contributed by atoms with Gasteiger partial charge >= 0.3 is 0 Å². The van der Waals surface area contributed by atoms with Crippen LogP contribution in [0, 0.1) is 0 Å². The molecule has 0 aliphatic heterocycles. The smallest absolute Gasteiger partial charge is 0.217 e. The monoisotopic (exact) mass is 360 g/mol. The number of ether oxygens (including phenoxy) is 1. The van der Waals surface area contributed by atoms with Crippen LogP contribution in [-0.4, -0.2) is 23.0 Å². The SMILES string of the molecule is COc1ccc(Nc2nc(-c3ccc(CNC(C)=O)s3)cs2)cn1. The Kier molecular flexibility index (Phi) is 5.07. The largest absolute Gasteiger partial charge is 0.481 e. The molecular weight excluding hydrogens is 344 g/mol. The molecule has 2 N–H and O–H groups in total. The molecule has 0 bridgehead atoms. The van der Waals surface area contributed by atoms with Crippen LogP contribution >= 0.6 is 22.7 Å². The number of nitrogens with one attached hydrogen (secondary N) is 2. The molecule has 3 rings (SSSR count). The Balaban J connectivity index is 1.67. The molecule has 1 amide bonds. The minimum absolute atomic E-state index is 0.0294. The topological polar surface area (TPSA) is 76.1 Å². The second kappa shape index (κ2) is 7.41. The summed E-state index contributed by atoms with van der Waals surface area (Å²) in [7, 11) is 1.59. The van der Waals surface area contributed by atoms with Gasteiger partial charge in [-0.25, -0.2) is 9.97 Å². The number of nitrogens with zero attached hydrogens (tertiary/aromatic N) is 2. The maximum atomic E-state index is 11.0. The molecule has 0 saturated heterocycles. The van der Waals surface area contributed by atoms with Crippen LogP contribution in [-0.2, 0) is 11.3 Å². The van der Waals surface area contributed by atoms with Gasteiger partial charge in [0, 0.05) is 23.2 Å². The van der Waals surface area contributed by atoms with Gasteiger partial charge in [-0.15, -0.1) is 22.7 Å². The van der Waals surface area contributed by atoms with Crippen LogP contribution in [0.1, 0.15) is 11.8 Å². The molecule has 3 aromatic heterocycles. The number of pyridine rings is 1. The van der Waals surface area contributed by atoms with E-state index < -0.39 is 0 Å². The Bertz CT molecular complexity index is 827. The highest BCUT2D eigenvalue weighted by Gasteiger charge is 2.08. The quantitative estimate of drug-likeness (QED) is 0.702. The van der Waals surface area contributed by atoms with Crippen LogP contribution in [0.5, 0.6) is 5.88 Å². The second-order valence-corrected chi connectivity index (χ2v) is 6.95. The van der Waals surface area contributed by atoms with E-state index in [4.69, 9.17) is 4.74 Å². The first-order valence-corrected chi connectivity index (χ1v) is 8.90. The number of thiophene rings is 1. The van der Waals surface area contributed by atoms with E-state index in [1.165, 1.54) is 18.3 Å². The first-order valence-electron chi connectivity index (χ1n) is 7.20. The second-order valence-electron chi connectivity index (χ2n) is 4.93. The van der Waals surface area contributed by atoms with Gasteiger partial charge in [0.15, 0.2) is 5.13 Å². The molecule has 0 fully saturated rings. The summed E-state index contributed by atoms with van der Waals surface area (Å²) in [5, 5.41) is 8.83. The third-order valence-corrected chi connectivity index (χ3v) is 4.99. The lowest BCUT2D eigenvalue weighted by molar-refractivity contribution is -0.119. The number of rotatable bonds is 6. The minimum atomic E-state index is -0.0294. The Morgan fingerprint density at radius 2 is 2.17 bits per heavy atom. The van der Waals surface area contributed by atoms with Crippen LogP contribution < -0.4 is 15.4 Å². The summed E-state index contributed by atoms with van der Waals surface area (Å²) >= 11 is 3.16. The lowest BCUT2D eigenvalue weighted by atomic mass is 10.3. The normalized spacial score (nSPS) is 10.4. The van der Waals surface area contributed by atoms with E-state index in [2.05, 4.69) is 20.6 Å². The highest BCUT2D eigenvalue weighted by molar-refractivity contribution is 7.17. The minimum Gasteiger partial charge on any atom is -0.481 e. The van der Waals surface area contributed by atoms with Gasteiger partial charge in [-0.05, 0) is 18.2 Å². The zero-order chi connectivity index (χ0) is 16.9. The summed E-state index contributed by atoms with van der Waals surface area (Å²) in [6.07, 6.45) is 1.70. The van der Waals surface area contributed by atoms with Gasteiger partial charge in [0.1, 0.15) is 0 Å². The fourth-order valence-corrected chi connectivity index (χ4v) is 3.68. The van der Waals surface area contributed by atoms with E-state index in [0.29, 0.717) is 12.4 Å². The fourth-order valence-electron chi connectivity index (χ4n) is 1.96. The average molecular weight is 360 g/mol. The molecule has 0 aromatic carbocycles. The molecule has 0 aliphatic carbocycles. The molecule has 0 atom stereocenters. The average Bonchev–Trinajstić information content (AvgIpc) is 3.22. The van der Waals surface area contributed by atoms with Crippen LogP contribution in [0.15, 0.2) is 35.8 Å². The Morgan fingerprint density at radius 3 is 2.88 bits per heavy atom. The van der Waals surface area contributed by atoms with Gasteiger partial charge in [-0.1, -0.05) is 0 Å². The van der Waals surface area contributed by atoms with E-state index >= 15 is 0 Å². The maximum Gasteiger partial charge on any atom is 0.217 e. The molecule has 0 unspecified atom stereocenters. The Morgan fingerprint density at radius 1 is 1.29 bits per heavy atom. The summed E-state index contributed by atoms with van der Waals surface area (Å²) in [5.74, 6) is 0.545. The standard InChI is InChI=1S/C16H16N4O2S2/c1-10(21)17-8-12-4-5-14(24-12)13-9-23-16(20-13)19-11-3-6-15(22-2)18-7-11/h3-7,9H,8H2,1-2H3,(H,17,21)(H,19,20). The van der Waals surface area contributed by atoms with Gasteiger partial charge in [0.05, 0.1) is 36.1 Å². The third-order valence-electron chi connectivity index (χ3n) is 3.13. The Hall–Kier alpha value is -2.45. The number of methoxy groups -OCH3 is 1. The summed E-state index contributed by atoms with van der Waals surface area (Å²) in [6, 6.07) is 7.72. The Labute approximate surface area is 147 Å². The number of amides is 1. The van der Waals surface area contributed by atoms with Gasteiger partial charge in [-0.2, -0.15) is 0 Å². The number of hydrogen-bond acceptors (Lipinski definition) is 7. The molecule has 6 nitrogen and oxygen atoms in total. The number of carbonyl (C=O) groups excluding carboxylic acids is 1. The van der Waals surface area contributed by atoms with Crippen LogP contribution in [0.25, 0.3) is 10.6 Å². The number of aromatic nitrogens is 2. The highest BCUT2D eigenvalue weighted by Crippen LogP contribution is 2.31. The van der Waals surface area contributed by atoms with Crippen LogP contribution in [0.3, 0.4) is 0 Å². The summed E-state index contributed by atoms with van der Waals surface area (Å²) < 4.78 is 5.04. The van der Waals surface area contributed by atoms with Gasteiger partial charge in [0.25, 0.3) is 0 Å². The van der Waals surface area contributed by atoms with Gasteiger partial charge in [-0.3, -0.25) is 4.79 Å². The van der Waals surface area contributed by atoms with Crippen molar-refractivity contribution in [2.45, 2.75) is 13.5 Å². The molecule has 124 valence electrons. The number of hydrogen-bond donors (Lipinski definition) is 2. The number of anilines is 2. The predicted molar refractivity (Wildman–Crippen MR) is 97.0 cm³/mol. The lowest BCUT2D eigenvalue weighted by Crippen LogP contribution is -2.17. The van der Waals surface area contributed by atoms with Crippen molar-refractivity contribution in [1.29, 1.82) is 0 Å².